The molecule has 0 N–H and O–H groups in total. The standard InChI is InChI=1S/C30H33F3O/c1-3-5-7-9-11-23-16-19-26-25-18-17-24(20-27(25)30(32,33)34-29(26)28(23)31)22-14-12-21(13-15-22)10-8-6-4-2/h12-20H,3-11H2,1-2H3. The summed E-state index contributed by atoms with van der Waals surface area (Å²) >= 11 is 0. The fourth-order valence-electron chi connectivity index (χ4n) is 4.67. The van der Waals surface area contributed by atoms with Crippen molar-refractivity contribution >= 4 is 0 Å². The highest BCUT2D eigenvalue weighted by Crippen LogP contribution is 2.49. The van der Waals surface area contributed by atoms with Crippen molar-refractivity contribution in [1.82, 2.24) is 0 Å². The Kier molecular flexibility index (Phi) is 7.65. The largest absolute Gasteiger partial charge is 0.427 e. The molecule has 0 spiro atoms. The number of halogens is 3. The van der Waals surface area contributed by atoms with Gasteiger partial charge in [0.15, 0.2) is 11.6 Å². The molecule has 0 saturated heterocycles. The SMILES string of the molecule is CCCCCCc1ccc2c(c1F)OC(F)(F)c1cc(-c3ccc(CCCCC)cc3)ccc1-2. The first-order valence-electron chi connectivity index (χ1n) is 12.6. The van der Waals surface area contributed by atoms with E-state index in [1.807, 2.05) is 18.2 Å². The van der Waals surface area contributed by atoms with E-state index in [4.69, 9.17) is 4.74 Å². The minimum atomic E-state index is -3.60. The highest BCUT2D eigenvalue weighted by molar-refractivity contribution is 5.80. The van der Waals surface area contributed by atoms with Crippen molar-refractivity contribution in [3.63, 3.8) is 0 Å². The first-order chi connectivity index (χ1) is 16.4. The zero-order valence-corrected chi connectivity index (χ0v) is 20.1. The topological polar surface area (TPSA) is 9.23 Å². The third-order valence-electron chi connectivity index (χ3n) is 6.69. The van der Waals surface area contributed by atoms with Gasteiger partial charge in [-0.3, -0.25) is 0 Å². The lowest BCUT2D eigenvalue weighted by Gasteiger charge is -2.29. The van der Waals surface area contributed by atoms with Gasteiger partial charge in [0.1, 0.15) is 0 Å². The van der Waals surface area contributed by atoms with Gasteiger partial charge in [-0.1, -0.05) is 94.5 Å². The maximum atomic E-state index is 15.1. The highest BCUT2D eigenvalue weighted by Gasteiger charge is 2.43. The Labute approximate surface area is 201 Å². The zero-order chi connectivity index (χ0) is 24.1. The normalized spacial score (nSPS) is 13.8. The fourth-order valence-corrected chi connectivity index (χ4v) is 4.67. The third kappa shape index (κ3) is 5.16. The smallest absolute Gasteiger partial charge is 0.425 e. The molecule has 0 bridgehead atoms. The van der Waals surface area contributed by atoms with Crippen LogP contribution in [0.3, 0.4) is 0 Å². The molecule has 3 aromatic carbocycles. The molecule has 4 rings (SSSR count). The number of hydrogen-bond donors (Lipinski definition) is 0. The lowest BCUT2D eigenvalue weighted by atomic mass is 9.90. The van der Waals surface area contributed by atoms with Crippen LogP contribution in [0, 0.1) is 5.82 Å². The van der Waals surface area contributed by atoms with E-state index in [2.05, 4.69) is 26.0 Å². The van der Waals surface area contributed by atoms with Crippen molar-refractivity contribution < 1.29 is 17.9 Å². The van der Waals surface area contributed by atoms with Crippen LogP contribution < -0.4 is 4.74 Å². The first-order valence-corrected chi connectivity index (χ1v) is 12.6. The predicted octanol–water partition coefficient (Wildman–Crippen LogP) is 9.46. The molecule has 0 saturated carbocycles. The van der Waals surface area contributed by atoms with E-state index in [1.165, 1.54) is 24.5 Å². The van der Waals surface area contributed by atoms with Gasteiger partial charge in [-0.05, 0) is 59.6 Å². The van der Waals surface area contributed by atoms with Gasteiger partial charge in [0.25, 0.3) is 0 Å². The van der Waals surface area contributed by atoms with Crippen LogP contribution in [-0.2, 0) is 19.0 Å². The van der Waals surface area contributed by atoms with Crippen LogP contribution in [0.5, 0.6) is 5.75 Å². The van der Waals surface area contributed by atoms with Gasteiger partial charge >= 0.3 is 6.11 Å². The van der Waals surface area contributed by atoms with Gasteiger partial charge in [0.05, 0.1) is 5.56 Å². The van der Waals surface area contributed by atoms with Crippen molar-refractivity contribution in [1.29, 1.82) is 0 Å². The summed E-state index contributed by atoms with van der Waals surface area (Å²) in [7, 11) is 0. The van der Waals surface area contributed by atoms with Crippen molar-refractivity contribution in [2.24, 2.45) is 0 Å². The minimum absolute atomic E-state index is 0.223. The van der Waals surface area contributed by atoms with E-state index in [9.17, 15) is 0 Å². The third-order valence-corrected chi connectivity index (χ3v) is 6.69. The summed E-state index contributed by atoms with van der Waals surface area (Å²) in [5.41, 5.74) is 3.73. The number of ether oxygens (including phenoxy) is 1. The molecule has 0 fully saturated rings. The monoisotopic (exact) mass is 466 g/mol. The van der Waals surface area contributed by atoms with Crippen molar-refractivity contribution in [2.75, 3.05) is 0 Å². The second kappa shape index (κ2) is 10.7. The molecule has 1 aliphatic rings. The van der Waals surface area contributed by atoms with E-state index >= 15 is 13.2 Å². The van der Waals surface area contributed by atoms with Crippen LogP contribution in [0.1, 0.15) is 75.5 Å². The Morgan fingerprint density at radius 1 is 0.706 bits per heavy atom. The molecule has 0 amide bonds. The van der Waals surface area contributed by atoms with E-state index in [0.717, 1.165) is 44.1 Å². The van der Waals surface area contributed by atoms with Crippen LogP contribution >= 0.6 is 0 Å². The van der Waals surface area contributed by atoms with Crippen LogP contribution in [0.4, 0.5) is 13.2 Å². The predicted molar refractivity (Wildman–Crippen MR) is 133 cm³/mol. The quantitative estimate of drug-likeness (QED) is 0.270. The number of fused-ring (bicyclic) bond motifs is 3. The lowest BCUT2D eigenvalue weighted by molar-refractivity contribution is -0.188. The summed E-state index contributed by atoms with van der Waals surface area (Å²) in [6, 6.07) is 16.5. The van der Waals surface area contributed by atoms with Gasteiger partial charge in [0.2, 0.25) is 0 Å². The second-order valence-electron chi connectivity index (χ2n) is 9.26. The van der Waals surface area contributed by atoms with Crippen molar-refractivity contribution in [3.05, 3.63) is 77.1 Å². The fraction of sp³-hybridized carbons (Fsp3) is 0.400. The summed E-state index contributed by atoms with van der Waals surface area (Å²) in [5, 5.41) is 0. The number of unbranched alkanes of at least 4 members (excludes halogenated alkanes) is 5. The van der Waals surface area contributed by atoms with Gasteiger partial charge in [0, 0.05) is 5.56 Å². The van der Waals surface area contributed by atoms with Crippen molar-refractivity contribution in [3.8, 4) is 28.0 Å². The van der Waals surface area contributed by atoms with Crippen LogP contribution in [0.15, 0.2) is 54.6 Å². The summed E-state index contributed by atoms with van der Waals surface area (Å²) in [6.45, 7) is 4.29. The number of rotatable bonds is 10. The molecule has 0 unspecified atom stereocenters. The minimum Gasteiger partial charge on any atom is -0.425 e. The molecule has 34 heavy (non-hydrogen) atoms. The number of alkyl halides is 2. The first kappa shape index (κ1) is 24.4. The molecule has 0 aromatic heterocycles. The average Bonchev–Trinajstić information content (AvgIpc) is 2.84. The summed E-state index contributed by atoms with van der Waals surface area (Å²) in [4.78, 5) is 0. The number of hydrogen-bond acceptors (Lipinski definition) is 1. The maximum absolute atomic E-state index is 15.1. The Balaban J connectivity index is 1.61. The highest BCUT2D eigenvalue weighted by atomic mass is 19.3. The molecule has 1 aliphatic heterocycles. The average molecular weight is 467 g/mol. The summed E-state index contributed by atoms with van der Waals surface area (Å²) in [6.07, 6.45) is 5.46. The molecule has 0 radical (unpaired) electrons. The Morgan fingerprint density at radius 2 is 1.35 bits per heavy atom. The number of benzene rings is 3. The van der Waals surface area contributed by atoms with E-state index in [-0.39, 0.29) is 11.3 Å². The maximum Gasteiger partial charge on any atom is 0.427 e. The second-order valence-corrected chi connectivity index (χ2v) is 9.26. The molecule has 1 heterocycles. The summed E-state index contributed by atoms with van der Waals surface area (Å²) in [5.74, 6) is -1.00. The van der Waals surface area contributed by atoms with Gasteiger partial charge < -0.3 is 4.74 Å². The van der Waals surface area contributed by atoms with E-state index in [0.29, 0.717) is 28.7 Å². The van der Waals surface area contributed by atoms with E-state index in [1.54, 1.807) is 18.2 Å². The van der Waals surface area contributed by atoms with Crippen LogP contribution in [-0.4, -0.2) is 0 Å². The van der Waals surface area contributed by atoms with Crippen molar-refractivity contribution in [2.45, 2.75) is 77.7 Å². The molecule has 0 aliphatic carbocycles. The van der Waals surface area contributed by atoms with Crippen LogP contribution in [0.25, 0.3) is 22.3 Å². The summed E-state index contributed by atoms with van der Waals surface area (Å²) < 4.78 is 50.3. The Morgan fingerprint density at radius 3 is 2.09 bits per heavy atom. The molecule has 1 nitrogen and oxygen atoms in total. The molecular formula is C30H33F3O. The molecular weight excluding hydrogens is 433 g/mol. The van der Waals surface area contributed by atoms with Gasteiger partial charge in [-0.25, -0.2) is 4.39 Å². The molecule has 4 heteroatoms. The zero-order valence-electron chi connectivity index (χ0n) is 20.1. The Hall–Kier alpha value is -2.75. The van der Waals surface area contributed by atoms with Gasteiger partial charge in [-0.15, -0.1) is 0 Å². The van der Waals surface area contributed by atoms with E-state index < -0.39 is 11.9 Å². The lowest BCUT2D eigenvalue weighted by Crippen LogP contribution is -2.27. The molecule has 0 atom stereocenters. The van der Waals surface area contributed by atoms with Crippen LogP contribution in [0.2, 0.25) is 0 Å². The Bertz CT molecular complexity index is 1120. The number of aryl methyl sites for hydroxylation is 2. The molecule has 3 aromatic rings. The van der Waals surface area contributed by atoms with Gasteiger partial charge in [-0.2, -0.15) is 8.78 Å². The molecule has 180 valence electrons.